The molecule has 1 amide bonds. The van der Waals surface area contributed by atoms with E-state index in [0.29, 0.717) is 18.9 Å². The molecule has 0 spiro atoms. The topological polar surface area (TPSA) is 108 Å². The third kappa shape index (κ3) is 5.18. The Balaban J connectivity index is 1.65. The number of carbonyl (C=O) groups excluding carboxylic acids is 1. The molecule has 0 aromatic carbocycles. The summed E-state index contributed by atoms with van der Waals surface area (Å²) in [6, 6.07) is 0.633. The number of carbonyl (C=O) groups is 1. The van der Waals surface area contributed by atoms with Crippen molar-refractivity contribution < 1.29 is 29.8 Å². The molecule has 172 valence electrons. The molecule has 7 heteroatoms. The summed E-state index contributed by atoms with van der Waals surface area (Å²) >= 11 is 0. The fourth-order valence-electron chi connectivity index (χ4n) is 5.50. The summed E-state index contributed by atoms with van der Waals surface area (Å²) < 4.78 is 17.8. The Bertz CT molecular complexity index is 640. The molecule has 6 atom stereocenters. The van der Waals surface area contributed by atoms with Crippen molar-refractivity contribution in [2.45, 2.75) is 114 Å². The largest absolute Gasteiger partial charge is 0.443 e. The average Bonchev–Trinajstić information content (AvgIpc) is 3.33. The van der Waals surface area contributed by atoms with Gasteiger partial charge in [-0.25, -0.2) is 4.79 Å². The van der Waals surface area contributed by atoms with Gasteiger partial charge in [-0.3, -0.25) is 0 Å². The second-order valence-electron chi connectivity index (χ2n) is 10.2. The molecule has 1 saturated heterocycles. The highest BCUT2D eigenvalue weighted by atomic mass is 16.6. The minimum atomic E-state index is -0.946. The Morgan fingerprint density at radius 3 is 2.50 bits per heavy atom. The van der Waals surface area contributed by atoms with Crippen molar-refractivity contribution in [1.29, 1.82) is 0 Å². The SMILES string of the molecule is CO[C@H]1[C@H]([C@@]2(C)O[C@H]2CC=C(C)C)[C@](C)(O)CC[C@H]1OC(=O)NC1CCC([NH3+])CC1. The van der Waals surface area contributed by atoms with E-state index in [1.54, 1.807) is 7.11 Å². The molecule has 0 unspecified atom stereocenters. The van der Waals surface area contributed by atoms with Gasteiger partial charge in [0.15, 0.2) is 0 Å². The number of hydrogen-bond acceptors (Lipinski definition) is 5. The molecule has 30 heavy (non-hydrogen) atoms. The first-order valence-electron chi connectivity index (χ1n) is 11.4. The Hall–Kier alpha value is -1.15. The predicted molar refractivity (Wildman–Crippen MR) is 114 cm³/mol. The van der Waals surface area contributed by atoms with Crippen LogP contribution in [0.2, 0.25) is 0 Å². The van der Waals surface area contributed by atoms with Crippen molar-refractivity contribution >= 4 is 6.09 Å². The lowest BCUT2D eigenvalue weighted by atomic mass is 9.66. The minimum Gasteiger partial charge on any atom is -0.443 e. The summed E-state index contributed by atoms with van der Waals surface area (Å²) in [6.07, 6.45) is 6.84. The summed E-state index contributed by atoms with van der Waals surface area (Å²) in [5, 5.41) is 14.2. The molecule has 0 bridgehead atoms. The molecule has 0 radical (unpaired) electrons. The lowest BCUT2D eigenvalue weighted by molar-refractivity contribution is -0.425. The number of alkyl carbamates (subject to hydrolysis) is 1. The number of epoxide rings is 1. The summed E-state index contributed by atoms with van der Waals surface area (Å²) in [4.78, 5) is 12.6. The average molecular weight is 426 g/mol. The molecule has 5 N–H and O–H groups in total. The molecule has 2 aliphatic carbocycles. The smallest absolute Gasteiger partial charge is 0.407 e. The minimum absolute atomic E-state index is 0.0342. The Morgan fingerprint density at radius 1 is 1.23 bits per heavy atom. The van der Waals surface area contributed by atoms with Crippen LogP contribution in [-0.2, 0) is 14.2 Å². The highest BCUT2D eigenvalue weighted by Crippen LogP contribution is 2.54. The van der Waals surface area contributed by atoms with E-state index in [9.17, 15) is 9.90 Å². The molecule has 3 rings (SSSR count). The van der Waals surface area contributed by atoms with E-state index in [0.717, 1.165) is 32.1 Å². The summed E-state index contributed by atoms with van der Waals surface area (Å²) in [6.45, 7) is 8.03. The zero-order valence-corrected chi connectivity index (χ0v) is 19.3. The second-order valence-corrected chi connectivity index (χ2v) is 10.2. The first kappa shape index (κ1) is 23.5. The van der Waals surface area contributed by atoms with Gasteiger partial charge in [0.1, 0.15) is 17.8 Å². The van der Waals surface area contributed by atoms with Crippen LogP contribution in [-0.4, -0.2) is 59.9 Å². The van der Waals surface area contributed by atoms with Crippen LogP contribution in [0.3, 0.4) is 0 Å². The lowest BCUT2D eigenvalue weighted by Crippen LogP contribution is -2.63. The van der Waals surface area contributed by atoms with E-state index in [1.165, 1.54) is 5.57 Å². The maximum Gasteiger partial charge on any atom is 0.407 e. The third-order valence-electron chi connectivity index (χ3n) is 7.34. The number of rotatable bonds is 6. The number of aliphatic hydroxyl groups is 1. The fraction of sp³-hybridized carbons (Fsp3) is 0.870. The monoisotopic (exact) mass is 425 g/mol. The zero-order chi connectivity index (χ0) is 22.1. The molecular formula is C23H41N2O5+. The highest BCUT2D eigenvalue weighted by molar-refractivity contribution is 5.67. The molecule has 2 saturated carbocycles. The number of nitrogens with one attached hydrogen (secondary N) is 1. The van der Waals surface area contributed by atoms with E-state index < -0.39 is 29.5 Å². The van der Waals surface area contributed by atoms with Crippen LogP contribution in [0.1, 0.15) is 72.6 Å². The van der Waals surface area contributed by atoms with Crippen molar-refractivity contribution in [3.63, 3.8) is 0 Å². The second kappa shape index (κ2) is 9.15. The summed E-state index contributed by atoms with van der Waals surface area (Å²) in [5.41, 5.74) is 3.91. The van der Waals surface area contributed by atoms with Crippen LogP contribution in [0, 0.1) is 5.92 Å². The van der Waals surface area contributed by atoms with Crippen LogP contribution in [0.5, 0.6) is 0 Å². The quantitative estimate of drug-likeness (QED) is 0.447. The third-order valence-corrected chi connectivity index (χ3v) is 7.34. The van der Waals surface area contributed by atoms with Crippen LogP contribution in [0.25, 0.3) is 0 Å². The van der Waals surface area contributed by atoms with Crippen LogP contribution < -0.4 is 11.1 Å². The molecule has 0 aromatic heterocycles. The first-order chi connectivity index (χ1) is 14.1. The van der Waals surface area contributed by atoms with Crippen LogP contribution in [0.4, 0.5) is 4.79 Å². The number of hydrogen-bond donors (Lipinski definition) is 3. The Kier molecular flexibility index (Phi) is 7.17. The van der Waals surface area contributed by atoms with E-state index in [2.05, 4.69) is 31.0 Å². The van der Waals surface area contributed by atoms with Crippen molar-refractivity contribution in [2.75, 3.05) is 7.11 Å². The Morgan fingerprint density at radius 2 is 1.90 bits per heavy atom. The van der Waals surface area contributed by atoms with Gasteiger partial charge < -0.3 is 30.4 Å². The molecule has 3 aliphatic rings. The number of amides is 1. The first-order valence-corrected chi connectivity index (χ1v) is 11.4. The van der Waals surface area contributed by atoms with E-state index in [-0.39, 0.29) is 18.1 Å². The fourth-order valence-corrected chi connectivity index (χ4v) is 5.50. The summed E-state index contributed by atoms with van der Waals surface area (Å²) in [5.74, 6) is -0.279. The van der Waals surface area contributed by atoms with Gasteiger partial charge in [-0.05, 0) is 59.8 Å². The van der Waals surface area contributed by atoms with Crippen molar-refractivity contribution in [1.82, 2.24) is 5.32 Å². The van der Waals surface area contributed by atoms with Gasteiger partial charge in [0.2, 0.25) is 0 Å². The zero-order valence-electron chi connectivity index (χ0n) is 19.3. The van der Waals surface area contributed by atoms with Gasteiger partial charge >= 0.3 is 6.09 Å². The van der Waals surface area contributed by atoms with Gasteiger partial charge in [-0.2, -0.15) is 0 Å². The van der Waals surface area contributed by atoms with Crippen LogP contribution >= 0.6 is 0 Å². The van der Waals surface area contributed by atoms with Crippen LogP contribution in [0.15, 0.2) is 11.6 Å². The van der Waals surface area contributed by atoms with Crippen molar-refractivity contribution in [3.8, 4) is 0 Å². The molecule has 1 aliphatic heterocycles. The molecule has 1 heterocycles. The normalized spacial score (nSPS) is 43.6. The van der Waals surface area contributed by atoms with Crippen molar-refractivity contribution in [2.24, 2.45) is 5.92 Å². The van der Waals surface area contributed by atoms with Gasteiger partial charge in [0.05, 0.1) is 17.7 Å². The number of ether oxygens (including phenoxy) is 3. The van der Waals surface area contributed by atoms with Gasteiger partial charge in [-0.1, -0.05) is 11.6 Å². The lowest BCUT2D eigenvalue weighted by Gasteiger charge is -2.47. The van der Waals surface area contributed by atoms with E-state index in [4.69, 9.17) is 14.2 Å². The van der Waals surface area contributed by atoms with E-state index >= 15 is 0 Å². The number of quaternary nitrogens is 1. The van der Waals surface area contributed by atoms with Crippen molar-refractivity contribution in [3.05, 3.63) is 11.6 Å². The predicted octanol–water partition coefficient (Wildman–Crippen LogP) is 2.32. The molecular weight excluding hydrogens is 384 g/mol. The molecule has 0 aromatic rings. The van der Waals surface area contributed by atoms with Gasteiger partial charge in [0.25, 0.3) is 0 Å². The maximum atomic E-state index is 12.6. The highest BCUT2D eigenvalue weighted by Gasteiger charge is 2.66. The van der Waals surface area contributed by atoms with Gasteiger partial charge in [-0.15, -0.1) is 0 Å². The molecule has 3 fully saturated rings. The van der Waals surface area contributed by atoms with E-state index in [1.807, 2.05) is 13.8 Å². The number of methoxy groups -OCH3 is 1. The van der Waals surface area contributed by atoms with Gasteiger partial charge in [0, 0.05) is 31.9 Å². The summed E-state index contributed by atoms with van der Waals surface area (Å²) in [7, 11) is 1.62. The standard InChI is InChI=1S/C23H40N2O5/c1-14(2)6-11-18-23(4,30-18)20-19(28-5)17(12-13-22(20,3)27)29-21(26)25-16-9-7-15(24)8-10-16/h6,15-20,27H,7-13,24H2,1-5H3,(H,25,26)/p+1/t15?,16?,17-,18+,19-,20+,22-,23+/m1/s1. The maximum absolute atomic E-state index is 12.6. The molecule has 7 nitrogen and oxygen atoms in total. The Labute approximate surface area is 180 Å². The number of allylic oxidation sites excluding steroid dienone is 1.